The van der Waals surface area contributed by atoms with Crippen LogP contribution in [0.5, 0.6) is 0 Å². The number of halogens is 1. The highest BCUT2D eigenvalue weighted by Crippen LogP contribution is 2.24. The van der Waals surface area contributed by atoms with Gasteiger partial charge in [0.05, 0.1) is 36.5 Å². The molecule has 1 amide bonds. The molecular formula is C23H18FN7O. The van der Waals surface area contributed by atoms with E-state index in [-0.39, 0.29) is 19.0 Å². The third-order valence-corrected chi connectivity index (χ3v) is 5.10. The average molecular weight is 427 g/mol. The Morgan fingerprint density at radius 2 is 1.88 bits per heavy atom. The number of benzene rings is 2. The van der Waals surface area contributed by atoms with Gasteiger partial charge in [0.2, 0.25) is 5.91 Å². The number of nitrogens with zero attached hydrogens (tertiary/aromatic N) is 6. The van der Waals surface area contributed by atoms with Crippen molar-refractivity contribution in [1.29, 1.82) is 0 Å². The summed E-state index contributed by atoms with van der Waals surface area (Å²) in [7, 11) is 0. The number of hydrogen-bond donors (Lipinski definition) is 1. The molecule has 5 rings (SSSR count). The molecule has 3 aromatic heterocycles. The van der Waals surface area contributed by atoms with Gasteiger partial charge >= 0.3 is 0 Å². The molecule has 158 valence electrons. The Bertz CT molecular complexity index is 1360. The monoisotopic (exact) mass is 427 g/mol. The Morgan fingerprint density at radius 3 is 2.66 bits per heavy atom. The number of amides is 1. The molecule has 5 aromatic rings. The first kappa shape index (κ1) is 19.6. The van der Waals surface area contributed by atoms with Crippen LogP contribution in [0.4, 0.5) is 10.1 Å². The van der Waals surface area contributed by atoms with E-state index in [0.29, 0.717) is 16.8 Å². The number of carbonyl (C=O) groups excluding carboxylic acids is 1. The molecule has 0 saturated heterocycles. The van der Waals surface area contributed by atoms with Crippen molar-refractivity contribution in [2.45, 2.75) is 13.1 Å². The molecule has 32 heavy (non-hydrogen) atoms. The fourth-order valence-electron chi connectivity index (χ4n) is 3.53. The summed E-state index contributed by atoms with van der Waals surface area (Å²) in [5, 5.41) is 8.23. The highest BCUT2D eigenvalue weighted by Gasteiger charge is 2.19. The summed E-state index contributed by atoms with van der Waals surface area (Å²) in [6.07, 6.45) is 6.02. The Kier molecular flexibility index (Phi) is 5.12. The van der Waals surface area contributed by atoms with Gasteiger partial charge < -0.3 is 9.88 Å². The van der Waals surface area contributed by atoms with Gasteiger partial charge in [0.1, 0.15) is 17.9 Å². The second kappa shape index (κ2) is 8.38. The summed E-state index contributed by atoms with van der Waals surface area (Å²) in [6.45, 7) is 0.158. The number of hydrogen-bond acceptors (Lipinski definition) is 5. The van der Waals surface area contributed by atoms with Crippen molar-refractivity contribution in [3.63, 3.8) is 0 Å². The fraction of sp³-hybridized carbons (Fsp3) is 0.0870. The topological polar surface area (TPSA) is 92.6 Å². The number of aromatic nitrogens is 6. The maximum absolute atomic E-state index is 13.7. The van der Waals surface area contributed by atoms with E-state index in [4.69, 9.17) is 0 Å². The number of fused-ring (bicyclic) bond motifs is 1. The van der Waals surface area contributed by atoms with Crippen molar-refractivity contribution < 1.29 is 9.18 Å². The van der Waals surface area contributed by atoms with Crippen molar-refractivity contribution in [1.82, 2.24) is 29.9 Å². The predicted molar refractivity (Wildman–Crippen MR) is 117 cm³/mol. The molecule has 0 aliphatic heterocycles. The first-order chi connectivity index (χ1) is 15.7. The van der Waals surface area contributed by atoms with Gasteiger partial charge in [-0.05, 0) is 41.5 Å². The smallest absolute Gasteiger partial charge is 0.249 e. The summed E-state index contributed by atoms with van der Waals surface area (Å²) < 4.78 is 15.3. The molecule has 1 N–H and O–H groups in total. The highest BCUT2D eigenvalue weighted by molar-refractivity contribution is 5.94. The van der Waals surface area contributed by atoms with E-state index in [1.165, 1.54) is 6.07 Å². The lowest BCUT2D eigenvalue weighted by molar-refractivity contribution is -0.119. The van der Waals surface area contributed by atoms with E-state index in [0.717, 1.165) is 23.0 Å². The normalized spacial score (nSPS) is 11.0. The number of rotatable bonds is 6. The molecule has 0 aliphatic carbocycles. The number of carbonyl (C=O) groups is 1. The van der Waals surface area contributed by atoms with E-state index in [1.54, 1.807) is 28.3 Å². The standard InChI is InChI=1S/C23H18FN7O/c24-18-9-16(10-25-11-18)13-30(19-7-5-17(6-8-19)21-12-26-15-27-21)23(32)14-31-22-4-2-1-3-20(22)28-29-31/h1-12,15H,13-14H2,(H,26,27). The SMILES string of the molecule is O=C(Cn1nnc2ccccc21)N(Cc1cncc(F)c1)c1ccc(-c2cnc[nH]2)cc1. The van der Waals surface area contributed by atoms with Crippen molar-refractivity contribution in [2.75, 3.05) is 4.90 Å². The molecule has 8 nitrogen and oxygen atoms in total. The van der Waals surface area contributed by atoms with E-state index < -0.39 is 5.82 Å². The van der Waals surface area contributed by atoms with Gasteiger partial charge in [-0.15, -0.1) is 5.10 Å². The Morgan fingerprint density at radius 1 is 1.03 bits per heavy atom. The average Bonchev–Trinajstić information content (AvgIpc) is 3.49. The first-order valence-corrected chi connectivity index (χ1v) is 9.94. The van der Waals surface area contributed by atoms with Crippen LogP contribution >= 0.6 is 0 Å². The van der Waals surface area contributed by atoms with Gasteiger partial charge in [0, 0.05) is 11.9 Å². The number of H-pyrrole nitrogens is 1. The summed E-state index contributed by atoms with van der Waals surface area (Å²) in [5.41, 5.74) is 4.55. The Hall–Kier alpha value is -4.40. The Labute approximate surface area is 182 Å². The van der Waals surface area contributed by atoms with Crippen LogP contribution in [0.3, 0.4) is 0 Å². The van der Waals surface area contributed by atoms with Crippen LogP contribution in [-0.4, -0.2) is 35.9 Å². The summed E-state index contributed by atoms with van der Waals surface area (Å²) in [5.74, 6) is -0.661. The molecule has 0 atom stereocenters. The molecule has 0 bridgehead atoms. The lowest BCUT2D eigenvalue weighted by atomic mass is 10.1. The van der Waals surface area contributed by atoms with Gasteiger partial charge in [-0.1, -0.05) is 29.5 Å². The number of aromatic amines is 1. The first-order valence-electron chi connectivity index (χ1n) is 9.94. The minimum atomic E-state index is -0.452. The molecule has 0 fully saturated rings. The lowest BCUT2D eigenvalue weighted by Gasteiger charge is -2.23. The van der Waals surface area contributed by atoms with Crippen LogP contribution in [0, 0.1) is 5.82 Å². The van der Waals surface area contributed by atoms with E-state index in [9.17, 15) is 9.18 Å². The van der Waals surface area contributed by atoms with Gasteiger partial charge in [0.15, 0.2) is 0 Å². The van der Waals surface area contributed by atoms with Crippen molar-refractivity contribution in [2.24, 2.45) is 0 Å². The zero-order valence-corrected chi connectivity index (χ0v) is 16.9. The minimum Gasteiger partial charge on any atom is -0.345 e. The molecule has 2 aromatic carbocycles. The summed E-state index contributed by atoms with van der Waals surface area (Å²) >= 11 is 0. The third kappa shape index (κ3) is 3.95. The van der Waals surface area contributed by atoms with Gasteiger partial charge in [-0.25, -0.2) is 14.1 Å². The van der Waals surface area contributed by atoms with Crippen molar-refractivity contribution in [3.05, 3.63) is 90.9 Å². The van der Waals surface area contributed by atoms with E-state index >= 15 is 0 Å². The maximum atomic E-state index is 13.7. The highest BCUT2D eigenvalue weighted by atomic mass is 19.1. The van der Waals surface area contributed by atoms with Crippen LogP contribution in [0.15, 0.2) is 79.5 Å². The van der Waals surface area contributed by atoms with Gasteiger partial charge in [-0.2, -0.15) is 0 Å². The molecule has 3 heterocycles. The molecule has 0 unspecified atom stereocenters. The zero-order valence-electron chi connectivity index (χ0n) is 16.9. The van der Waals surface area contributed by atoms with Crippen LogP contribution < -0.4 is 4.90 Å². The largest absolute Gasteiger partial charge is 0.345 e. The summed E-state index contributed by atoms with van der Waals surface area (Å²) in [4.78, 5) is 25.9. The molecule has 0 spiro atoms. The number of para-hydroxylation sites is 1. The van der Waals surface area contributed by atoms with Crippen LogP contribution in [-0.2, 0) is 17.9 Å². The summed E-state index contributed by atoms with van der Waals surface area (Å²) in [6, 6.07) is 16.3. The maximum Gasteiger partial charge on any atom is 0.249 e. The van der Waals surface area contributed by atoms with E-state index in [2.05, 4.69) is 25.3 Å². The van der Waals surface area contributed by atoms with Crippen LogP contribution in [0.1, 0.15) is 5.56 Å². The number of nitrogens with one attached hydrogen (secondary N) is 1. The van der Waals surface area contributed by atoms with Gasteiger partial charge in [0.25, 0.3) is 0 Å². The van der Waals surface area contributed by atoms with Gasteiger partial charge in [-0.3, -0.25) is 9.78 Å². The van der Waals surface area contributed by atoms with Crippen LogP contribution in [0.2, 0.25) is 0 Å². The quantitative estimate of drug-likeness (QED) is 0.447. The van der Waals surface area contributed by atoms with Crippen molar-refractivity contribution >= 4 is 22.6 Å². The number of pyridine rings is 1. The van der Waals surface area contributed by atoms with Crippen LogP contribution in [0.25, 0.3) is 22.3 Å². The lowest BCUT2D eigenvalue weighted by Crippen LogP contribution is -2.33. The van der Waals surface area contributed by atoms with E-state index in [1.807, 2.05) is 48.5 Å². The minimum absolute atomic E-state index is 0.00838. The fourth-order valence-corrected chi connectivity index (χ4v) is 3.53. The second-order valence-corrected chi connectivity index (χ2v) is 7.24. The predicted octanol–water partition coefficient (Wildman–Crippen LogP) is 3.59. The third-order valence-electron chi connectivity index (χ3n) is 5.10. The molecule has 0 aliphatic rings. The van der Waals surface area contributed by atoms with Crippen molar-refractivity contribution in [3.8, 4) is 11.3 Å². The second-order valence-electron chi connectivity index (χ2n) is 7.24. The number of anilines is 1. The Balaban J connectivity index is 1.46. The zero-order chi connectivity index (χ0) is 21.9. The molecular weight excluding hydrogens is 409 g/mol. The molecule has 0 saturated carbocycles. The molecule has 9 heteroatoms. The molecule has 0 radical (unpaired) electrons. The number of imidazole rings is 1.